The predicted molar refractivity (Wildman–Crippen MR) is 134 cm³/mol. The van der Waals surface area contributed by atoms with E-state index >= 15 is 0 Å². The van der Waals surface area contributed by atoms with Crippen LogP contribution >= 0.6 is 11.3 Å². The van der Waals surface area contributed by atoms with Crippen LogP contribution < -0.4 is 10.2 Å². The quantitative estimate of drug-likeness (QED) is 0.299. The zero-order chi connectivity index (χ0) is 22.0. The molecule has 0 unspecified atom stereocenters. The van der Waals surface area contributed by atoms with Crippen LogP contribution in [0.1, 0.15) is 16.0 Å². The van der Waals surface area contributed by atoms with E-state index in [0.29, 0.717) is 6.61 Å². The van der Waals surface area contributed by atoms with E-state index in [9.17, 15) is 0 Å². The Kier molecular flexibility index (Phi) is 8.04. The summed E-state index contributed by atoms with van der Waals surface area (Å²) < 4.78 is 5.19. The summed E-state index contributed by atoms with van der Waals surface area (Å²) in [5.74, 6) is 0. The van der Waals surface area contributed by atoms with Gasteiger partial charge in [0.05, 0.1) is 12.3 Å². The highest BCUT2D eigenvalue weighted by molar-refractivity contribution is 7.16. The van der Waals surface area contributed by atoms with Gasteiger partial charge in [0.15, 0.2) is 5.13 Å². The van der Waals surface area contributed by atoms with Crippen LogP contribution in [0.15, 0.2) is 91.0 Å². The Hall–Kier alpha value is -2.99. The average molecular weight is 444 g/mol. The molecule has 1 N–H and O–H groups in total. The summed E-state index contributed by atoms with van der Waals surface area (Å²) in [6.07, 6.45) is 0. The van der Waals surface area contributed by atoms with E-state index in [1.807, 2.05) is 6.07 Å². The Bertz CT molecular complexity index is 1030. The fourth-order valence-electron chi connectivity index (χ4n) is 3.59. The van der Waals surface area contributed by atoms with E-state index in [4.69, 9.17) is 9.72 Å². The van der Waals surface area contributed by atoms with Crippen molar-refractivity contribution in [2.45, 2.75) is 19.6 Å². The third-order valence-corrected chi connectivity index (χ3v) is 6.32. The number of rotatable bonds is 11. The lowest BCUT2D eigenvalue weighted by Gasteiger charge is -2.22. The van der Waals surface area contributed by atoms with Crippen molar-refractivity contribution in [1.82, 2.24) is 10.3 Å². The van der Waals surface area contributed by atoms with Gasteiger partial charge in [0.25, 0.3) is 0 Å². The van der Waals surface area contributed by atoms with Crippen LogP contribution in [-0.2, 0) is 24.4 Å². The Morgan fingerprint density at radius 3 is 1.94 bits per heavy atom. The standard InChI is InChI=1S/C27H29N3OS/c1-31-18-17-28-19-25-26(24-15-9-4-10-16-24)29-27(32-25)30(20-22-11-5-2-6-12-22)21-23-13-7-3-8-14-23/h2-16,28H,17-21H2,1H3. The molecule has 4 aromatic rings. The number of thiazole rings is 1. The molecule has 0 spiro atoms. The maximum atomic E-state index is 5.19. The van der Waals surface area contributed by atoms with E-state index in [0.717, 1.165) is 42.6 Å². The van der Waals surface area contributed by atoms with Crippen molar-refractivity contribution in [3.63, 3.8) is 0 Å². The van der Waals surface area contributed by atoms with Gasteiger partial charge in [0.2, 0.25) is 0 Å². The Labute approximate surface area is 194 Å². The molecule has 0 aliphatic carbocycles. The van der Waals surface area contributed by atoms with Crippen molar-refractivity contribution in [2.75, 3.05) is 25.2 Å². The predicted octanol–water partition coefficient (Wildman–Crippen LogP) is 5.75. The molecule has 0 aliphatic rings. The lowest BCUT2D eigenvalue weighted by atomic mass is 10.1. The zero-order valence-electron chi connectivity index (χ0n) is 18.4. The Morgan fingerprint density at radius 2 is 1.38 bits per heavy atom. The van der Waals surface area contributed by atoms with Crippen molar-refractivity contribution in [2.24, 2.45) is 0 Å². The van der Waals surface area contributed by atoms with Gasteiger partial charge in [-0.05, 0) is 11.1 Å². The van der Waals surface area contributed by atoms with Gasteiger partial charge >= 0.3 is 0 Å². The molecular formula is C27H29N3OS. The van der Waals surface area contributed by atoms with Gasteiger partial charge in [-0.3, -0.25) is 0 Å². The molecule has 0 amide bonds. The second-order valence-electron chi connectivity index (χ2n) is 7.63. The van der Waals surface area contributed by atoms with Crippen molar-refractivity contribution in [3.8, 4) is 11.3 Å². The second-order valence-corrected chi connectivity index (χ2v) is 8.69. The lowest BCUT2D eigenvalue weighted by molar-refractivity contribution is 0.199. The van der Waals surface area contributed by atoms with E-state index in [1.54, 1.807) is 18.4 Å². The van der Waals surface area contributed by atoms with Crippen LogP contribution in [0.25, 0.3) is 11.3 Å². The maximum absolute atomic E-state index is 5.19. The van der Waals surface area contributed by atoms with Crippen molar-refractivity contribution < 1.29 is 4.74 Å². The molecule has 0 aliphatic heterocycles. The van der Waals surface area contributed by atoms with Gasteiger partial charge < -0.3 is 15.0 Å². The van der Waals surface area contributed by atoms with E-state index in [2.05, 4.69) is 95.1 Å². The number of hydrogen-bond acceptors (Lipinski definition) is 5. The Morgan fingerprint density at radius 1 is 0.812 bits per heavy atom. The minimum atomic E-state index is 0.695. The summed E-state index contributed by atoms with van der Waals surface area (Å²) >= 11 is 1.77. The summed E-state index contributed by atoms with van der Waals surface area (Å²) in [5.41, 5.74) is 4.76. The summed E-state index contributed by atoms with van der Waals surface area (Å²) in [5, 5.41) is 4.53. The fraction of sp³-hybridized carbons (Fsp3) is 0.222. The first-order chi connectivity index (χ1) is 15.8. The number of anilines is 1. The lowest BCUT2D eigenvalue weighted by Crippen LogP contribution is -2.22. The molecule has 4 rings (SSSR count). The Balaban J connectivity index is 1.66. The number of methoxy groups -OCH3 is 1. The molecule has 164 valence electrons. The number of hydrogen-bond donors (Lipinski definition) is 1. The van der Waals surface area contributed by atoms with Crippen LogP contribution in [0, 0.1) is 0 Å². The molecule has 4 nitrogen and oxygen atoms in total. The van der Waals surface area contributed by atoms with Crippen LogP contribution in [0.2, 0.25) is 0 Å². The molecular weight excluding hydrogens is 414 g/mol. The first-order valence-corrected chi connectivity index (χ1v) is 11.7. The molecule has 32 heavy (non-hydrogen) atoms. The van der Waals surface area contributed by atoms with Crippen molar-refractivity contribution in [3.05, 3.63) is 107 Å². The summed E-state index contributed by atoms with van der Waals surface area (Å²) in [6.45, 7) is 3.91. The van der Waals surface area contributed by atoms with E-state index in [-0.39, 0.29) is 0 Å². The third-order valence-electron chi connectivity index (χ3n) is 5.20. The van der Waals surface area contributed by atoms with Crippen LogP contribution in [0.3, 0.4) is 0 Å². The molecule has 0 saturated heterocycles. The highest BCUT2D eigenvalue weighted by Crippen LogP contribution is 2.34. The van der Waals surface area contributed by atoms with Gasteiger partial charge in [-0.15, -0.1) is 0 Å². The smallest absolute Gasteiger partial charge is 0.186 e. The third kappa shape index (κ3) is 6.04. The monoisotopic (exact) mass is 443 g/mol. The molecule has 0 saturated carbocycles. The molecule has 5 heteroatoms. The summed E-state index contributed by atoms with van der Waals surface area (Å²) in [6, 6.07) is 31.7. The van der Waals surface area contributed by atoms with Gasteiger partial charge in [0, 0.05) is 43.7 Å². The highest BCUT2D eigenvalue weighted by Gasteiger charge is 2.18. The van der Waals surface area contributed by atoms with Crippen LogP contribution in [0.4, 0.5) is 5.13 Å². The topological polar surface area (TPSA) is 37.4 Å². The largest absolute Gasteiger partial charge is 0.383 e. The second kappa shape index (κ2) is 11.6. The molecule has 0 fully saturated rings. The van der Waals surface area contributed by atoms with Crippen LogP contribution in [0.5, 0.6) is 0 Å². The van der Waals surface area contributed by atoms with Crippen molar-refractivity contribution >= 4 is 16.5 Å². The number of nitrogens with one attached hydrogen (secondary N) is 1. The minimum Gasteiger partial charge on any atom is -0.383 e. The molecule has 0 radical (unpaired) electrons. The van der Waals surface area contributed by atoms with E-state index < -0.39 is 0 Å². The molecule has 3 aromatic carbocycles. The number of ether oxygens (including phenoxy) is 1. The summed E-state index contributed by atoms with van der Waals surface area (Å²) in [7, 11) is 1.73. The van der Waals surface area contributed by atoms with Gasteiger partial charge in [-0.1, -0.05) is 102 Å². The molecule has 0 bridgehead atoms. The molecule has 1 aromatic heterocycles. The first kappa shape index (κ1) is 22.2. The first-order valence-electron chi connectivity index (χ1n) is 10.9. The van der Waals surface area contributed by atoms with Crippen molar-refractivity contribution in [1.29, 1.82) is 0 Å². The zero-order valence-corrected chi connectivity index (χ0v) is 19.2. The molecule has 1 heterocycles. The number of aromatic nitrogens is 1. The molecule has 0 atom stereocenters. The van der Waals surface area contributed by atoms with Gasteiger partial charge in [-0.2, -0.15) is 0 Å². The van der Waals surface area contributed by atoms with Gasteiger partial charge in [-0.25, -0.2) is 4.98 Å². The van der Waals surface area contributed by atoms with Gasteiger partial charge in [0.1, 0.15) is 0 Å². The van der Waals surface area contributed by atoms with Crippen LogP contribution in [-0.4, -0.2) is 25.2 Å². The average Bonchev–Trinajstić information content (AvgIpc) is 3.27. The maximum Gasteiger partial charge on any atom is 0.186 e. The minimum absolute atomic E-state index is 0.695. The van der Waals surface area contributed by atoms with E-state index in [1.165, 1.54) is 16.0 Å². The SMILES string of the molecule is COCCNCc1sc(N(Cc2ccccc2)Cc2ccccc2)nc1-c1ccccc1. The summed E-state index contributed by atoms with van der Waals surface area (Å²) in [4.78, 5) is 8.76. The number of nitrogens with zero attached hydrogens (tertiary/aromatic N) is 2. The highest BCUT2D eigenvalue weighted by atomic mass is 32.1. The fourth-order valence-corrected chi connectivity index (χ4v) is 4.64. The normalized spacial score (nSPS) is 10.9. The number of benzene rings is 3.